The number of hydrogen-bond acceptors (Lipinski definition) is 13. The Bertz CT molecular complexity index is 1420. The SMILES string of the molecule is CCC(=O)O[C@@]1(C)/C=C(\C)C(=O)[C@H](C)C[C@@](C)(OC(N)=O)[C@H](O[C@@H]2O[C@H](C)C[C@H](N(C)C)[C@H]2C)[C@@H](C)[C@H](O[C@H]2CC(C)(C)[C@@H](O)[C@H](C)O2)[C@@H](C)C(=O)O[C@@H]1CC. The minimum absolute atomic E-state index is 0.0346. The number of primary amides is 1. The van der Waals surface area contributed by atoms with Gasteiger partial charge in [0.2, 0.25) is 0 Å². The maximum atomic E-state index is 14.5. The van der Waals surface area contributed by atoms with Crippen LogP contribution in [-0.4, -0.2) is 114 Å². The maximum absolute atomic E-state index is 14.5. The topological polar surface area (TPSA) is 182 Å². The summed E-state index contributed by atoms with van der Waals surface area (Å²) < 4.78 is 44.7. The van der Waals surface area contributed by atoms with Crippen molar-refractivity contribution < 1.29 is 57.4 Å². The number of nitrogens with two attached hydrogens (primary N) is 1. The molecule has 3 N–H and O–H groups in total. The lowest BCUT2D eigenvalue weighted by Crippen LogP contribution is -2.59. The van der Waals surface area contributed by atoms with Gasteiger partial charge in [0.15, 0.2) is 24.0 Å². The zero-order chi connectivity index (χ0) is 42.7. The predicted octanol–water partition coefficient (Wildman–Crippen LogP) is 5.70. The van der Waals surface area contributed by atoms with Gasteiger partial charge in [0, 0.05) is 36.6 Å². The first-order valence-electron chi connectivity index (χ1n) is 20.4. The number of nitrogens with zero attached hydrogens (tertiary/aromatic N) is 1. The van der Waals surface area contributed by atoms with Crippen molar-refractivity contribution in [3.05, 3.63) is 11.6 Å². The summed E-state index contributed by atoms with van der Waals surface area (Å²) in [7, 11) is 4.00. The Balaban J connectivity index is 2.32. The van der Waals surface area contributed by atoms with E-state index >= 15 is 0 Å². The molecule has 3 rings (SSSR count). The van der Waals surface area contributed by atoms with Crippen molar-refractivity contribution in [2.75, 3.05) is 14.1 Å². The molecule has 0 unspecified atom stereocenters. The second-order valence-corrected chi connectivity index (χ2v) is 18.0. The fraction of sp³-hybridized carbons (Fsp3) is 0.857. The van der Waals surface area contributed by atoms with Crippen LogP contribution >= 0.6 is 0 Å². The van der Waals surface area contributed by atoms with Gasteiger partial charge in [-0.1, -0.05) is 48.5 Å². The third kappa shape index (κ3) is 11.1. The van der Waals surface area contributed by atoms with Crippen LogP contribution < -0.4 is 5.73 Å². The van der Waals surface area contributed by atoms with E-state index in [9.17, 15) is 24.3 Å². The first-order valence-corrected chi connectivity index (χ1v) is 20.4. The van der Waals surface area contributed by atoms with Gasteiger partial charge in [-0.2, -0.15) is 0 Å². The first-order chi connectivity index (χ1) is 25.8. The summed E-state index contributed by atoms with van der Waals surface area (Å²) >= 11 is 0. The molecule has 14 nitrogen and oxygen atoms in total. The number of carbonyl (C=O) groups is 4. The number of rotatable bonds is 9. The van der Waals surface area contributed by atoms with E-state index in [1.54, 1.807) is 54.5 Å². The number of allylic oxidation sites excluding steroid dienone is 1. The highest BCUT2D eigenvalue weighted by Gasteiger charge is 2.53. The van der Waals surface area contributed by atoms with Gasteiger partial charge < -0.3 is 48.9 Å². The number of carbonyl (C=O) groups excluding carboxylic acids is 4. The Morgan fingerprint density at radius 3 is 2.11 bits per heavy atom. The lowest BCUT2D eigenvalue weighted by atomic mass is 9.75. The summed E-state index contributed by atoms with van der Waals surface area (Å²) in [5.74, 6) is -4.16. The number of ether oxygens (including phenoxy) is 7. The average Bonchev–Trinajstić information content (AvgIpc) is 3.09. The molecule has 1 amide bonds. The van der Waals surface area contributed by atoms with Gasteiger partial charge in [-0.25, -0.2) is 4.79 Å². The Kier molecular flexibility index (Phi) is 16.2. The zero-order valence-corrected chi connectivity index (χ0v) is 36.6. The molecule has 0 saturated carbocycles. The van der Waals surface area contributed by atoms with Crippen LogP contribution in [0.4, 0.5) is 4.79 Å². The summed E-state index contributed by atoms with van der Waals surface area (Å²) in [6, 6.07) is 0.0861. The number of esters is 2. The number of aliphatic hydroxyl groups excluding tert-OH is 1. The van der Waals surface area contributed by atoms with Crippen molar-refractivity contribution in [1.29, 1.82) is 0 Å². The first kappa shape index (κ1) is 47.8. The molecule has 3 aliphatic heterocycles. The summed E-state index contributed by atoms with van der Waals surface area (Å²) in [6.07, 6.45) is -4.41. The lowest BCUT2D eigenvalue weighted by Gasteiger charge is -2.49. The van der Waals surface area contributed by atoms with Crippen LogP contribution in [0.2, 0.25) is 0 Å². The summed E-state index contributed by atoms with van der Waals surface area (Å²) in [4.78, 5) is 56.5. The molecule has 0 spiro atoms. The predicted molar refractivity (Wildman–Crippen MR) is 209 cm³/mol. The van der Waals surface area contributed by atoms with Crippen molar-refractivity contribution in [3.63, 3.8) is 0 Å². The van der Waals surface area contributed by atoms with Crippen molar-refractivity contribution in [2.24, 2.45) is 34.8 Å². The summed E-state index contributed by atoms with van der Waals surface area (Å²) in [5.41, 5.74) is 2.39. The molecule has 0 bridgehead atoms. The van der Waals surface area contributed by atoms with E-state index in [2.05, 4.69) is 4.90 Å². The molecule has 322 valence electrons. The molecule has 0 radical (unpaired) electrons. The van der Waals surface area contributed by atoms with E-state index in [1.807, 2.05) is 55.6 Å². The molecule has 56 heavy (non-hydrogen) atoms. The van der Waals surface area contributed by atoms with E-state index in [1.165, 1.54) is 0 Å². The molecule has 14 heteroatoms. The van der Waals surface area contributed by atoms with E-state index in [-0.39, 0.29) is 48.7 Å². The fourth-order valence-electron chi connectivity index (χ4n) is 9.15. The molecule has 0 aliphatic carbocycles. The quantitative estimate of drug-likeness (QED) is 0.215. The van der Waals surface area contributed by atoms with E-state index in [4.69, 9.17) is 38.9 Å². The van der Waals surface area contributed by atoms with Crippen molar-refractivity contribution in [3.8, 4) is 0 Å². The van der Waals surface area contributed by atoms with Crippen LogP contribution in [0.3, 0.4) is 0 Å². The van der Waals surface area contributed by atoms with Crippen LogP contribution in [0.5, 0.6) is 0 Å². The number of Topliss-reactive ketones (excluding diaryl/α,β-unsaturated/α-hetero) is 1. The maximum Gasteiger partial charge on any atom is 0.405 e. The molecule has 0 aromatic carbocycles. The molecule has 3 aliphatic rings. The molecule has 0 aromatic heterocycles. The summed E-state index contributed by atoms with van der Waals surface area (Å²) in [6.45, 7) is 23.3. The van der Waals surface area contributed by atoms with E-state index < -0.39 is 95.5 Å². The standard InChI is InChI=1S/C42H72N2O12/c1-16-30-41(12,55-31(45)17-2)19-22(3)33(46)23(4)20-42(13,56-39(43)49)36(54-38-25(6)29(44(14)15)18-24(5)50-38)26(7)34(27(8)37(48)52-30)53-32-21-40(10,11)35(47)28(9)51-32/h19,23-30,32,34-36,38,47H,16-18,20-21H2,1-15H3,(H2,43,49)/b22-19+/t23-,24-,25-,26+,27-,28+,29+,30-,32+,34+,35+,36-,38+,41+,42-/m1/s1. The third-order valence-corrected chi connectivity index (χ3v) is 12.3. The number of cyclic esters (lactones) is 1. The van der Waals surface area contributed by atoms with Crippen molar-refractivity contribution in [1.82, 2.24) is 4.90 Å². The normalized spacial score (nSPS) is 42.5. The highest BCUT2D eigenvalue weighted by molar-refractivity contribution is 5.96. The van der Waals surface area contributed by atoms with Crippen LogP contribution in [0.15, 0.2) is 11.6 Å². The fourth-order valence-corrected chi connectivity index (χ4v) is 9.15. The Morgan fingerprint density at radius 2 is 1.57 bits per heavy atom. The largest absolute Gasteiger partial charge is 0.457 e. The summed E-state index contributed by atoms with van der Waals surface area (Å²) in [5, 5.41) is 10.9. The number of hydrogen-bond donors (Lipinski definition) is 2. The van der Waals surface area contributed by atoms with Crippen LogP contribution in [-0.2, 0) is 47.5 Å². The van der Waals surface area contributed by atoms with Gasteiger partial charge in [-0.05, 0) is 92.0 Å². The Labute approximate surface area is 334 Å². The van der Waals surface area contributed by atoms with Crippen LogP contribution in [0, 0.1) is 29.1 Å². The molecule has 0 aromatic rings. The Hall–Kier alpha value is -2.62. The second-order valence-electron chi connectivity index (χ2n) is 18.0. The molecular weight excluding hydrogens is 724 g/mol. The number of amides is 1. The molecule has 3 heterocycles. The highest BCUT2D eigenvalue weighted by Crippen LogP contribution is 2.43. The van der Waals surface area contributed by atoms with Gasteiger partial charge in [-0.3, -0.25) is 14.4 Å². The van der Waals surface area contributed by atoms with Gasteiger partial charge in [0.25, 0.3) is 0 Å². The Morgan fingerprint density at radius 1 is 0.946 bits per heavy atom. The molecule has 15 atom stereocenters. The third-order valence-electron chi connectivity index (χ3n) is 12.3. The molecular formula is C42H72N2O12. The minimum Gasteiger partial charge on any atom is -0.457 e. The molecule has 2 fully saturated rings. The van der Waals surface area contributed by atoms with Gasteiger partial charge >= 0.3 is 18.0 Å². The highest BCUT2D eigenvalue weighted by atomic mass is 16.7. The van der Waals surface area contributed by atoms with Gasteiger partial charge in [0.1, 0.15) is 17.8 Å². The number of ketones is 1. The second kappa shape index (κ2) is 19.0. The van der Waals surface area contributed by atoms with Crippen LogP contribution in [0.25, 0.3) is 0 Å². The zero-order valence-electron chi connectivity index (χ0n) is 36.6. The van der Waals surface area contributed by atoms with E-state index in [0.29, 0.717) is 6.42 Å². The smallest absolute Gasteiger partial charge is 0.405 e. The van der Waals surface area contributed by atoms with E-state index in [0.717, 1.165) is 6.42 Å². The van der Waals surface area contributed by atoms with Crippen LogP contribution in [0.1, 0.15) is 122 Å². The minimum atomic E-state index is -1.58. The van der Waals surface area contributed by atoms with Crippen molar-refractivity contribution >= 4 is 23.8 Å². The lowest BCUT2D eigenvalue weighted by molar-refractivity contribution is -0.304. The monoisotopic (exact) mass is 797 g/mol. The average molecular weight is 797 g/mol. The van der Waals surface area contributed by atoms with Gasteiger partial charge in [0.05, 0.1) is 30.3 Å². The number of aliphatic hydroxyl groups is 1. The van der Waals surface area contributed by atoms with Crippen molar-refractivity contribution in [2.45, 2.75) is 189 Å². The van der Waals surface area contributed by atoms with Gasteiger partial charge in [-0.15, -0.1) is 0 Å². The molecule has 2 saturated heterocycles.